The van der Waals surface area contributed by atoms with Crippen LogP contribution in [-0.2, 0) is 0 Å². The Hall–Kier alpha value is -0.900. The Bertz CT molecular complexity index is 575. The fraction of sp³-hybridized carbons (Fsp3) is 0.529. The molecular formula is C17H24N2S. The molecule has 108 valence electrons. The number of thiophene rings is 1. The molecule has 0 aliphatic carbocycles. The normalized spacial score (nSPS) is 24.6. The van der Waals surface area contributed by atoms with E-state index in [4.69, 9.17) is 5.73 Å². The van der Waals surface area contributed by atoms with Gasteiger partial charge in [0.1, 0.15) is 0 Å². The van der Waals surface area contributed by atoms with Crippen molar-refractivity contribution in [1.29, 1.82) is 0 Å². The Balaban J connectivity index is 2.06. The van der Waals surface area contributed by atoms with Crippen LogP contribution in [0.5, 0.6) is 0 Å². The van der Waals surface area contributed by atoms with E-state index in [-0.39, 0.29) is 0 Å². The Labute approximate surface area is 125 Å². The molecule has 1 aliphatic heterocycles. The summed E-state index contributed by atoms with van der Waals surface area (Å²) in [6, 6.07) is 9.84. The Morgan fingerprint density at radius 1 is 1.35 bits per heavy atom. The van der Waals surface area contributed by atoms with Gasteiger partial charge in [0.2, 0.25) is 0 Å². The number of benzene rings is 1. The van der Waals surface area contributed by atoms with Crippen LogP contribution >= 0.6 is 11.3 Å². The molecule has 1 fully saturated rings. The maximum absolute atomic E-state index is 6.08. The predicted octanol–water partition coefficient (Wildman–Crippen LogP) is 4.02. The first-order chi connectivity index (χ1) is 9.72. The minimum Gasteiger partial charge on any atom is -0.330 e. The highest BCUT2D eigenvalue weighted by atomic mass is 32.1. The van der Waals surface area contributed by atoms with Crippen molar-refractivity contribution in [2.75, 3.05) is 13.1 Å². The van der Waals surface area contributed by atoms with Gasteiger partial charge in [-0.3, -0.25) is 4.90 Å². The van der Waals surface area contributed by atoms with Crippen LogP contribution in [0.3, 0.4) is 0 Å². The van der Waals surface area contributed by atoms with E-state index >= 15 is 0 Å². The second-order valence-electron chi connectivity index (χ2n) is 6.10. The number of hydrogen-bond donors (Lipinski definition) is 1. The fourth-order valence-electron chi connectivity index (χ4n) is 3.59. The van der Waals surface area contributed by atoms with Gasteiger partial charge in [0.05, 0.1) is 0 Å². The molecule has 0 bridgehead atoms. The molecule has 20 heavy (non-hydrogen) atoms. The maximum atomic E-state index is 6.08. The number of piperidine rings is 1. The fourth-order valence-corrected chi connectivity index (χ4v) is 4.58. The van der Waals surface area contributed by atoms with Gasteiger partial charge < -0.3 is 5.73 Å². The van der Waals surface area contributed by atoms with Crippen LogP contribution in [0, 0.1) is 5.92 Å². The predicted molar refractivity (Wildman–Crippen MR) is 88.2 cm³/mol. The van der Waals surface area contributed by atoms with E-state index in [0.717, 1.165) is 6.54 Å². The largest absolute Gasteiger partial charge is 0.330 e. The lowest BCUT2D eigenvalue weighted by Gasteiger charge is -2.43. The highest BCUT2D eigenvalue weighted by Gasteiger charge is 2.34. The summed E-state index contributed by atoms with van der Waals surface area (Å²) in [4.78, 5) is 2.65. The number of hydrogen-bond acceptors (Lipinski definition) is 3. The zero-order valence-corrected chi connectivity index (χ0v) is 13.2. The third-order valence-corrected chi connectivity index (χ3v) is 5.57. The molecule has 0 radical (unpaired) electrons. The number of likely N-dealkylation sites (tertiary alicyclic amines) is 1. The topological polar surface area (TPSA) is 29.3 Å². The van der Waals surface area contributed by atoms with Gasteiger partial charge in [-0.1, -0.05) is 18.2 Å². The molecule has 2 unspecified atom stereocenters. The summed E-state index contributed by atoms with van der Waals surface area (Å²) < 4.78 is 1.40. The minimum atomic E-state index is 0.491. The van der Waals surface area contributed by atoms with Crippen LogP contribution in [0.2, 0.25) is 0 Å². The molecule has 0 spiro atoms. The molecule has 2 N–H and O–H groups in total. The lowest BCUT2D eigenvalue weighted by Crippen LogP contribution is -2.44. The van der Waals surface area contributed by atoms with E-state index in [1.54, 1.807) is 0 Å². The van der Waals surface area contributed by atoms with E-state index in [1.807, 2.05) is 11.3 Å². The summed E-state index contributed by atoms with van der Waals surface area (Å²) in [6.07, 6.45) is 2.53. The van der Waals surface area contributed by atoms with Crippen LogP contribution in [0.15, 0.2) is 29.6 Å². The number of nitrogens with two attached hydrogens (primary N) is 1. The molecule has 1 aromatic carbocycles. The van der Waals surface area contributed by atoms with Crippen LogP contribution in [-0.4, -0.2) is 24.0 Å². The van der Waals surface area contributed by atoms with Crippen molar-refractivity contribution < 1.29 is 0 Å². The summed E-state index contributed by atoms with van der Waals surface area (Å²) in [5, 5.41) is 3.78. The van der Waals surface area contributed by atoms with Gasteiger partial charge in [-0.05, 0) is 68.1 Å². The van der Waals surface area contributed by atoms with E-state index in [9.17, 15) is 0 Å². The Morgan fingerprint density at radius 2 is 2.15 bits per heavy atom. The van der Waals surface area contributed by atoms with Gasteiger partial charge in [0, 0.05) is 16.8 Å². The van der Waals surface area contributed by atoms with Crippen LogP contribution in [0.25, 0.3) is 10.1 Å². The van der Waals surface area contributed by atoms with Crippen LogP contribution in [0.1, 0.15) is 38.3 Å². The average Bonchev–Trinajstić information content (AvgIpc) is 2.90. The molecule has 2 nitrogen and oxygen atoms in total. The molecule has 2 atom stereocenters. The van der Waals surface area contributed by atoms with Crippen molar-refractivity contribution >= 4 is 21.4 Å². The van der Waals surface area contributed by atoms with E-state index < -0.39 is 0 Å². The van der Waals surface area contributed by atoms with Crippen molar-refractivity contribution in [3.63, 3.8) is 0 Å². The molecule has 0 amide bonds. The first-order valence-corrected chi connectivity index (χ1v) is 8.52. The summed E-state index contributed by atoms with van der Waals surface area (Å²) in [5.41, 5.74) is 7.58. The van der Waals surface area contributed by atoms with Crippen molar-refractivity contribution in [1.82, 2.24) is 4.90 Å². The summed E-state index contributed by atoms with van der Waals surface area (Å²) in [7, 11) is 0. The first kappa shape index (κ1) is 14.1. The summed E-state index contributed by atoms with van der Waals surface area (Å²) >= 11 is 1.87. The molecule has 2 heterocycles. The highest BCUT2D eigenvalue weighted by molar-refractivity contribution is 7.17. The Kier molecular flexibility index (Phi) is 4.11. The lowest BCUT2D eigenvalue weighted by molar-refractivity contribution is 0.0677. The summed E-state index contributed by atoms with van der Waals surface area (Å²) in [5.74, 6) is 0.587. The van der Waals surface area contributed by atoms with Crippen molar-refractivity contribution in [3.05, 3.63) is 35.2 Å². The van der Waals surface area contributed by atoms with Gasteiger partial charge in [0.25, 0.3) is 0 Å². The molecule has 1 saturated heterocycles. The van der Waals surface area contributed by atoms with E-state index in [2.05, 4.69) is 48.4 Å². The standard InChI is InChI=1S/C17H24N2S/c1-12(2)19-9-5-6-13(10-18)17(19)15-11-20-16-8-4-3-7-14(15)16/h3-4,7-8,11-13,17H,5-6,9-10,18H2,1-2H3. The number of nitrogens with zero attached hydrogens (tertiary/aromatic N) is 1. The molecular weight excluding hydrogens is 264 g/mol. The average molecular weight is 288 g/mol. The number of fused-ring (bicyclic) bond motifs is 1. The highest BCUT2D eigenvalue weighted by Crippen LogP contribution is 2.41. The zero-order valence-electron chi connectivity index (χ0n) is 12.4. The molecule has 0 saturated carbocycles. The molecule has 3 heteroatoms. The number of rotatable bonds is 3. The van der Waals surface area contributed by atoms with Crippen molar-refractivity contribution in [3.8, 4) is 0 Å². The second kappa shape index (κ2) is 5.84. The van der Waals surface area contributed by atoms with Crippen LogP contribution in [0.4, 0.5) is 0 Å². The van der Waals surface area contributed by atoms with Crippen molar-refractivity contribution in [2.24, 2.45) is 11.7 Å². The quantitative estimate of drug-likeness (QED) is 0.924. The van der Waals surface area contributed by atoms with Gasteiger partial charge in [0.15, 0.2) is 0 Å². The van der Waals surface area contributed by atoms with Gasteiger partial charge in [-0.25, -0.2) is 0 Å². The minimum absolute atomic E-state index is 0.491. The smallest absolute Gasteiger partial charge is 0.0405 e. The lowest BCUT2D eigenvalue weighted by atomic mass is 9.84. The monoisotopic (exact) mass is 288 g/mol. The van der Waals surface area contributed by atoms with E-state index in [0.29, 0.717) is 18.0 Å². The summed E-state index contributed by atoms with van der Waals surface area (Å²) in [6.45, 7) is 6.60. The molecule has 2 aromatic rings. The second-order valence-corrected chi connectivity index (χ2v) is 7.01. The maximum Gasteiger partial charge on any atom is 0.0405 e. The Morgan fingerprint density at radius 3 is 2.90 bits per heavy atom. The molecule has 3 rings (SSSR count). The SMILES string of the molecule is CC(C)N1CCCC(CN)C1c1csc2ccccc12. The van der Waals surface area contributed by atoms with Crippen molar-refractivity contribution in [2.45, 2.75) is 38.8 Å². The third kappa shape index (κ3) is 2.39. The first-order valence-electron chi connectivity index (χ1n) is 7.64. The van der Waals surface area contributed by atoms with Crippen LogP contribution < -0.4 is 5.73 Å². The van der Waals surface area contributed by atoms with Gasteiger partial charge in [-0.2, -0.15) is 0 Å². The molecule has 1 aromatic heterocycles. The van der Waals surface area contributed by atoms with E-state index in [1.165, 1.54) is 35.0 Å². The third-order valence-electron chi connectivity index (χ3n) is 4.59. The zero-order chi connectivity index (χ0) is 14.1. The van der Waals surface area contributed by atoms with Gasteiger partial charge in [-0.15, -0.1) is 11.3 Å². The van der Waals surface area contributed by atoms with Gasteiger partial charge >= 0.3 is 0 Å². The molecule has 1 aliphatic rings.